The Morgan fingerprint density at radius 3 is 2.44 bits per heavy atom. The van der Waals surface area contributed by atoms with E-state index < -0.39 is 0 Å². The largest absolute Gasteiger partial charge is 0.338 e. The van der Waals surface area contributed by atoms with Crippen molar-refractivity contribution in [3.8, 4) is 0 Å². The molecule has 0 atom stereocenters. The van der Waals surface area contributed by atoms with E-state index in [1.165, 1.54) is 16.7 Å². The molecule has 2 aromatic carbocycles. The molecule has 2 aromatic heterocycles. The van der Waals surface area contributed by atoms with E-state index in [2.05, 4.69) is 47.3 Å². The Kier molecular flexibility index (Phi) is 4.15. The molecule has 0 bridgehead atoms. The molecule has 1 N–H and O–H groups in total. The Morgan fingerprint density at radius 1 is 0.920 bits per heavy atom. The van der Waals surface area contributed by atoms with Crippen molar-refractivity contribution in [3.63, 3.8) is 0 Å². The number of rotatable bonds is 4. The molecule has 0 amide bonds. The van der Waals surface area contributed by atoms with Gasteiger partial charge in [0.05, 0.1) is 0 Å². The molecular formula is C20H18N4S. The van der Waals surface area contributed by atoms with Gasteiger partial charge in [0, 0.05) is 12.1 Å². The van der Waals surface area contributed by atoms with Crippen molar-refractivity contribution in [2.45, 2.75) is 20.3 Å². The van der Waals surface area contributed by atoms with Crippen LogP contribution in [0.1, 0.15) is 21.7 Å². The molecule has 0 radical (unpaired) electrons. The second-order valence-electron chi connectivity index (χ2n) is 6.02. The van der Waals surface area contributed by atoms with Gasteiger partial charge in [-0.2, -0.15) is 0 Å². The van der Waals surface area contributed by atoms with E-state index >= 15 is 0 Å². The minimum Gasteiger partial charge on any atom is -0.338 e. The van der Waals surface area contributed by atoms with Crippen LogP contribution in [0.2, 0.25) is 0 Å². The Bertz CT molecular complexity index is 1000. The van der Waals surface area contributed by atoms with Crippen LogP contribution < -0.4 is 5.32 Å². The maximum atomic E-state index is 4.82. The monoisotopic (exact) mass is 346 g/mol. The average Bonchev–Trinajstić information content (AvgIpc) is 3.03. The molecule has 0 unspecified atom stereocenters. The van der Waals surface area contributed by atoms with Gasteiger partial charge in [0.2, 0.25) is 0 Å². The zero-order valence-corrected chi connectivity index (χ0v) is 15.0. The topological polar surface area (TPSA) is 50.7 Å². The summed E-state index contributed by atoms with van der Waals surface area (Å²) in [6.45, 7) is 4.30. The Labute approximate surface area is 150 Å². The zero-order chi connectivity index (χ0) is 17.2. The van der Waals surface area contributed by atoms with Crippen molar-refractivity contribution in [2.24, 2.45) is 0 Å². The minimum atomic E-state index is 0.750. The molecule has 124 valence electrons. The molecule has 5 heteroatoms. The van der Waals surface area contributed by atoms with Gasteiger partial charge in [-0.05, 0) is 42.7 Å². The van der Waals surface area contributed by atoms with Crippen molar-refractivity contribution in [2.75, 3.05) is 5.32 Å². The first-order chi connectivity index (χ1) is 12.2. The summed E-state index contributed by atoms with van der Waals surface area (Å²) < 4.78 is 0. The summed E-state index contributed by atoms with van der Waals surface area (Å²) in [5.41, 5.74) is 5.76. The summed E-state index contributed by atoms with van der Waals surface area (Å²) >= 11 is 1.63. The van der Waals surface area contributed by atoms with Gasteiger partial charge < -0.3 is 5.32 Å². The zero-order valence-electron chi connectivity index (χ0n) is 14.2. The third-order valence-corrected chi connectivity index (χ3v) is 5.21. The number of para-hydroxylation sites is 1. The first kappa shape index (κ1) is 15.7. The van der Waals surface area contributed by atoms with Crippen LogP contribution in [0.25, 0.3) is 10.3 Å². The average molecular weight is 346 g/mol. The van der Waals surface area contributed by atoms with Crippen LogP contribution in [0.3, 0.4) is 0 Å². The maximum Gasteiger partial charge on any atom is 0.161 e. The molecule has 0 fully saturated rings. The lowest BCUT2D eigenvalue weighted by molar-refractivity contribution is 1.10. The van der Waals surface area contributed by atoms with E-state index in [-0.39, 0.29) is 0 Å². The molecule has 0 aliphatic rings. The van der Waals surface area contributed by atoms with Crippen molar-refractivity contribution >= 4 is 33.2 Å². The Balaban J connectivity index is 1.70. The number of nitrogens with zero attached hydrogens (tertiary/aromatic N) is 3. The molecular weight excluding hydrogens is 328 g/mol. The number of nitrogens with one attached hydrogen (secondary N) is 1. The maximum absolute atomic E-state index is 4.82. The standard InChI is InChI=1S/C20H18N4S/c1-13-7-6-8-14(2)16(13)11-17-24-18-19(21-12-22-20(18)25-17)23-15-9-4-3-5-10-15/h3-10,12H,11H2,1-2H3,(H,21,22,23). The molecule has 4 rings (SSSR count). The lowest BCUT2D eigenvalue weighted by Crippen LogP contribution is -1.96. The number of thiazole rings is 1. The SMILES string of the molecule is Cc1cccc(C)c1Cc1nc2c(Nc3ccccc3)ncnc2s1. The highest BCUT2D eigenvalue weighted by molar-refractivity contribution is 7.18. The van der Waals surface area contributed by atoms with Crippen molar-refractivity contribution in [3.05, 3.63) is 76.6 Å². The lowest BCUT2D eigenvalue weighted by Gasteiger charge is -2.07. The fourth-order valence-electron chi connectivity index (χ4n) is 2.90. The molecule has 0 saturated heterocycles. The quantitative estimate of drug-likeness (QED) is 0.562. The molecule has 0 saturated carbocycles. The number of hydrogen-bond donors (Lipinski definition) is 1. The normalized spacial score (nSPS) is 11.0. The second-order valence-corrected chi connectivity index (χ2v) is 7.08. The molecule has 0 spiro atoms. The molecule has 2 heterocycles. The first-order valence-electron chi connectivity index (χ1n) is 8.18. The van der Waals surface area contributed by atoms with Crippen molar-refractivity contribution in [1.82, 2.24) is 15.0 Å². The van der Waals surface area contributed by atoms with Gasteiger partial charge in [0.25, 0.3) is 0 Å². The summed E-state index contributed by atoms with van der Waals surface area (Å²) in [4.78, 5) is 14.5. The lowest BCUT2D eigenvalue weighted by atomic mass is 10.0. The highest BCUT2D eigenvalue weighted by atomic mass is 32.1. The van der Waals surface area contributed by atoms with Gasteiger partial charge in [0.1, 0.15) is 21.7 Å². The van der Waals surface area contributed by atoms with Gasteiger partial charge in [-0.1, -0.05) is 47.7 Å². The molecule has 0 aliphatic carbocycles. The fraction of sp³-hybridized carbons (Fsp3) is 0.150. The van der Waals surface area contributed by atoms with Gasteiger partial charge >= 0.3 is 0 Å². The van der Waals surface area contributed by atoms with E-state index in [4.69, 9.17) is 4.98 Å². The Hall–Kier alpha value is -2.79. The summed E-state index contributed by atoms with van der Waals surface area (Å²) in [5, 5.41) is 4.40. The highest BCUT2D eigenvalue weighted by Gasteiger charge is 2.13. The van der Waals surface area contributed by atoms with Gasteiger partial charge in [-0.25, -0.2) is 15.0 Å². The first-order valence-corrected chi connectivity index (χ1v) is 9.00. The predicted octanol–water partition coefficient (Wildman–Crippen LogP) is 5.04. The molecule has 25 heavy (non-hydrogen) atoms. The van der Waals surface area contributed by atoms with Gasteiger partial charge in [0.15, 0.2) is 5.82 Å². The number of hydrogen-bond acceptors (Lipinski definition) is 5. The fourth-order valence-corrected chi connectivity index (χ4v) is 3.82. The summed E-state index contributed by atoms with van der Waals surface area (Å²) in [6.07, 6.45) is 2.42. The van der Waals surface area contributed by atoms with E-state index in [9.17, 15) is 0 Å². The molecule has 4 nitrogen and oxygen atoms in total. The van der Waals surface area contributed by atoms with E-state index in [1.807, 2.05) is 30.3 Å². The van der Waals surface area contributed by atoms with Crippen LogP contribution >= 0.6 is 11.3 Å². The second kappa shape index (κ2) is 6.61. The van der Waals surface area contributed by atoms with Crippen LogP contribution in [-0.2, 0) is 6.42 Å². The van der Waals surface area contributed by atoms with Crippen LogP contribution in [0.5, 0.6) is 0 Å². The van der Waals surface area contributed by atoms with E-state index in [1.54, 1.807) is 17.7 Å². The van der Waals surface area contributed by atoms with Gasteiger partial charge in [-0.15, -0.1) is 0 Å². The number of benzene rings is 2. The number of anilines is 2. The molecule has 4 aromatic rings. The third-order valence-electron chi connectivity index (χ3n) is 4.25. The smallest absolute Gasteiger partial charge is 0.161 e. The third kappa shape index (κ3) is 3.23. The van der Waals surface area contributed by atoms with Gasteiger partial charge in [-0.3, -0.25) is 0 Å². The van der Waals surface area contributed by atoms with E-state index in [0.717, 1.165) is 33.3 Å². The van der Waals surface area contributed by atoms with E-state index in [0.29, 0.717) is 0 Å². The summed E-state index contributed by atoms with van der Waals surface area (Å²) in [7, 11) is 0. The summed E-state index contributed by atoms with van der Waals surface area (Å²) in [6, 6.07) is 16.4. The summed E-state index contributed by atoms with van der Waals surface area (Å²) in [5.74, 6) is 0.750. The van der Waals surface area contributed by atoms with Crippen molar-refractivity contribution in [1.29, 1.82) is 0 Å². The van der Waals surface area contributed by atoms with Crippen LogP contribution in [0, 0.1) is 13.8 Å². The molecule has 0 aliphatic heterocycles. The Morgan fingerprint density at radius 2 is 1.68 bits per heavy atom. The predicted molar refractivity (Wildman–Crippen MR) is 104 cm³/mol. The highest BCUT2D eigenvalue weighted by Crippen LogP contribution is 2.29. The minimum absolute atomic E-state index is 0.750. The van der Waals surface area contributed by atoms with Crippen molar-refractivity contribution < 1.29 is 0 Å². The number of aromatic nitrogens is 3. The van der Waals surface area contributed by atoms with Crippen LogP contribution in [0.4, 0.5) is 11.5 Å². The van der Waals surface area contributed by atoms with Crippen LogP contribution in [0.15, 0.2) is 54.9 Å². The number of fused-ring (bicyclic) bond motifs is 1. The van der Waals surface area contributed by atoms with Crippen LogP contribution in [-0.4, -0.2) is 15.0 Å². The number of aryl methyl sites for hydroxylation is 2.